The molecule has 0 aliphatic carbocycles. The summed E-state index contributed by atoms with van der Waals surface area (Å²) in [4.78, 5) is 10.6. The second-order valence-electron chi connectivity index (χ2n) is 3.63. The number of benzene rings is 1. The first-order valence-corrected chi connectivity index (χ1v) is 5.23. The molecule has 0 aliphatic heterocycles. The van der Waals surface area contributed by atoms with Crippen molar-refractivity contribution in [3.63, 3.8) is 0 Å². The lowest BCUT2D eigenvalue weighted by Crippen LogP contribution is -1.91. The normalized spacial score (nSPS) is 10.5. The van der Waals surface area contributed by atoms with E-state index in [1.54, 1.807) is 12.1 Å². The Bertz CT molecular complexity index is 558. The third kappa shape index (κ3) is 2.20. The zero-order valence-electron chi connectivity index (χ0n) is 9.24. The molecule has 0 radical (unpaired) electrons. The summed E-state index contributed by atoms with van der Waals surface area (Å²) in [5.41, 5.74) is 1.16. The first-order valence-electron chi connectivity index (χ1n) is 5.23. The molecule has 0 unspecified atom stereocenters. The lowest BCUT2D eigenvalue weighted by Gasteiger charge is -2.01. The first-order chi connectivity index (χ1) is 8.11. The van der Waals surface area contributed by atoms with Gasteiger partial charge in [0.15, 0.2) is 0 Å². The van der Waals surface area contributed by atoms with Crippen molar-refractivity contribution in [2.75, 3.05) is 0 Å². The van der Waals surface area contributed by atoms with Crippen LogP contribution in [0.15, 0.2) is 34.7 Å². The summed E-state index contributed by atoms with van der Waals surface area (Å²) in [7, 11) is 0. The molecule has 0 bridgehead atoms. The highest BCUT2D eigenvalue weighted by Crippen LogP contribution is 2.24. The van der Waals surface area contributed by atoms with Crippen LogP contribution in [0.25, 0.3) is 11.3 Å². The van der Waals surface area contributed by atoms with Crippen molar-refractivity contribution in [1.82, 2.24) is 0 Å². The largest absolute Gasteiger partial charge is 0.475 e. The fraction of sp³-hybridized carbons (Fsp3) is 0.154. The molecule has 0 aliphatic rings. The van der Waals surface area contributed by atoms with Crippen LogP contribution in [0.5, 0.6) is 0 Å². The standard InChI is InChI=1S/C13H11FO3/c1-2-8-3-4-9(7-10(8)14)11-5-6-12(17-11)13(15)16/h3-7H,2H2,1H3,(H,15,16). The predicted octanol–water partition coefficient (Wildman–Crippen LogP) is 3.35. The monoisotopic (exact) mass is 234 g/mol. The van der Waals surface area contributed by atoms with E-state index in [0.29, 0.717) is 23.3 Å². The third-order valence-electron chi connectivity index (χ3n) is 2.54. The molecule has 3 nitrogen and oxygen atoms in total. The van der Waals surface area contributed by atoms with Crippen LogP contribution in [-0.4, -0.2) is 11.1 Å². The summed E-state index contributed by atoms with van der Waals surface area (Å²) in [6.07, 6.45) is 0.616. The summed E-state index contributed by atoms with van der Waals surface area (Å²) >= 11 is 0. The molecule has 1 heterocycles. The van der Waals surface area contributed by atoms with Gasteiger partial charge in [0.2, 0.25) is 5.76 Å². The van der Waals surface area contributed by atoms with Gasteiger partial charge < -0.3 is 9.52 Å². The summed E-state index contributed by atoms with van der Waals surface area (Å²) in [5, 5.41) is 8.71. The molecule has 0 fully saturated rings. The Kier molecular flexibility index (Phi) is 2.95. The lowest BCUT2D eigenvalue weighted by molar-refractivity contribution is 0.0663. The van der Waals surface area contributed by atoms with E-state index >= 15 is 0 Å². The van der Waals surface area contributed by atoms with Crippen LogP contribution in [-0.2, 0) is 6.42 Å². The molecule has 1 N–H and O–H groups in total. The van der Waals surface area contributed by atoms with Crippen LogP contribution in [0, 0.1) is 5.82 Å². The molecular weight excluding hydrogens is 223 g/mol. The second kappa shape index (κ2) is 4.41. The molecule has 2 rings (SSSR count). The number of aryl methyl sites for hydroxylation is 1. The minimum Gasteiger partial charge on any atom is -0.475 e. The summed E-state index contributed by atoms with van der Waals surface area (Å²) in [5.74, 6) is -1.25. The molecule has 0 saturated carbocycles. The maximum absolute atomic E-state index is 13.5. The molecule has 1 aromatic heterocycles. The van der Waals surface area contributed by atoms with Gasteiger partial charge in [-0.15, -0.1) is 0 Å². The Balaban J connectivity index is 2.39. The van der Waals surface area contributed by atoms with E-state index in [-0.39, 0.29) is 11.6 Å². The second-order valence-corrected chi connectivity index (χ2v) is 3.63. The van der Waals surface area contributed by atoms with E-state index in [4.69, 9.17) is 9.52 Å². The topological polar surface area (TPSA) is 50.4 Å². The zero-order chi connectivity index (χ0) is 12.4. The number of hydrogen-bond donors (Lipinski definition) is 1. The fourth-order valence-electron chi connectivity index (χ4n) is 1.60. The van der Waals surface area contributed by atoms with E-state index in [1.807, 2.05) is 6.92 Å². The van der Waals surface area contributed by atoms with E-state index in [0.717, 1.165) is 0 Å². The number of furan rings is 1. The van der Waals surface area contributed by atoms with Gasteiger partial charge >= 0.3 is 5.97 Å². The molecule has 0 atom stereocenters. The molecule has 2 aromatic rings. The van der Waals surface area contributed by atoms with Crippen molar-refractivity contribution >= 4 is 5.97 Å². The number of hydrogen-bond acceptors (Lipinski definition) is 2. The molecule has 17 heavy (non-hydrogen) atoms. The van der Waals surface area contributed by atoms with E-state index < -0.39 is 5.97 Å². The van der Waals surface area contributed by atoms with E-state index in [1.165, 1.54) is 18.2 Å². The summed E-state index contributed by atoms with van der Waals surface area (Å²) in [6.45, 7) is 1.87. The number of aromatic carboxylic acids is 1. The maximum Gasteiger partial charge on any atom is 0.371 e. The Morgan fingerprint density at radius 1 is 1.35 bits per heavy atom. The Labute approximate surface area is 97.5 Å². The Morgan fingerprint density at radius 2 is 2.12 bits per heavy atom. The summed E-state index contributed by atoms with van der Waals surface area (Å²) < 4.78 is 18.6. The van der Waals surface area contributed by atoms with Gasteiger partial charge in [0.1, 0.15) is 11.6 Å². The van der Waals surface area contributed by atoms with Crippen LogP contribution in [0.3, 0.4) is 0 Å². The quantitative estimate of drug-likeness (QED) is 0.885. The molecule has 0 amide bonds. The number of carboxylic acid groups (broad SMARTS) is 1. The minimum absolute atomic E-state index is 0.153. The Morgan fingerprint density at radius 3 is 2.65 bits per heavy atom. The van der Waals surface area contributed by atoms with Gasteiger partial charge in [0, 0.05) is 5.56 Å². The average Bonchev–Trinajstić information content (AvgIpc) is 2.78. The number of carboxylic acids is 1. The van der Waals surface area contributed by atoms with Gasteiger partial charge in [-0.25, -0.2) is 9.18 Å². The third-order valence-corrected chi connectivity index (χ3v) is 2.54. The van der Waals surface area contributed by atoms with Crippen molar-refractivity contribution in [3.05, 3.63) is 47.5 Å². The molecule has 4 heteroatoms. The molecule has 0 saturated heterocycles. The van der Waals surface area contributed by atoms with Gasteiger partial charge in [-0.05, 0) is 30.2 Å². The van der Waals surface area contributed by atoms with Crippen molar-refractivity contribution in [1.29, 1.82) is 0 Å². The molecule has 0 spiro atoms. The van der Waals surface area contributed by atoms with Gasteiger partial charge in [-0.3, -0.25) is 0 Å². The highest BCUT2D eigenvalue weighted by molar-refractivity contribution is 5.85. The SMILES string of the molecule is CCc1ccc(-c2ccc(C(=O)O)o2)cc1F. The van der Waals surface area contributed by atoms with E-state index in [9.17, 15) is 9.18 Å². The van der Waals surface area contributed by atoms with Crippen molar-refractivity contribution in [3.8, 4) is 11.3 Å². The van der Waals surface area contributed by atoms with Crippen molar-refractivity contribution in [2.24, 2.45) is 0 Å². The van der Waals surface area contributed by atoms with Crippen molar-refractivity contribution < 1.29 is 18.7 Å². The lowest BCUT2D eigenvalue weighted by atomic mass is 10.1. The molecule has 1 aromatic carbocycles. The van der Waals surface area contributed by atoms with Crippen LogP contribution in [0.2, 0.25) is 0 Å². The van der Waals surface area contributed by atoms with Crippen LogP contribution < -0.4 is 0 Å². The van der Waals surface area contributed by atoms with Crippen LogP contribution in [0.1, 0.15) is 23.0 Å². The van der Waals surface area contributed by atoms with Gasteiger partial charge in [0.25, 0.3) is 0 Å². The fourth-order valence-corrected chi connectivity index (χ4v) is 1.60. The predicted molar refractivity (Wildman–Crippen MR) is 60.4 cm³/mol. The van der Waals surface area contributed by atoms with Crippen LogP contribution >= 0.6 is 0 Å². The zero-order valence-corrected chi connectivity index (χ0v) is 9.24. The smallest absolute Gasteiger partial charge is 0.371 e. The van der Waals surface area contributed by atoms with Gasteiger partial charge in [0.05, 0.1) is 0 Å². The van der Waals surface area contributed by atoms with Gasteiger partial charge in [-0.1, -0.05) is 19.1 Å². The number of rotatable bonds is 3. The number of halogens is 1. The van der Waals surface area contributed by atoms with Crippen LogP contribution in [0.4, 0.5) is 4.39 Å². The maximum atomic E-state index is 13.5. The minimum atomic E-state index is -1.14. The van der Waals surface area contributed by atoms with Gasteiger partial charge in [-0.2, -0.15) is 0 Å². The van der Waals surface area contributed by atoms with E-state index in [2.05, 4.69) is 0 Å². The van der Waals surface area contributed by atoms with Crippen molar-refractivity contribution in [2.45, 2.75) is 13.3 Å². The Hall–Kier alpha value is -2.10. The highest BCUT2D eigenvalue weighted by atomic mass is 19.1. The molecular formula is C13H11FO3. The average molecular weight is 234 g/mol. The number of carbonyl (C=O) groups is 1. The summed E-state index contributed by atoms with van der Waals surface area (Å²) in [6, 6.07) is 7.61. The first kappa shape index (κ1) is 11.4. The highest BCUT2D eigenvalue weighted by Gasteiger charge is 2.11. The molecule has 88 valence electrons.